The van der Waals surface area contributed by atoms with E-state index >= 15 is 0 Å². The average Bonchev–Trinajstić information content (AvgIpc) is 3.12. The molecule has 2 atom stereocenters. The van der Waals surface area contributed by atoms with Gasteiger partial charge in [-0.25, -0.2) is 14.3 Å². The van der Waals surface area contributed by atoms with Gasteiger partial charge in [0.15, 0.2) is 12.2 Å². The van der Waals surface area contributed by atoms with Gasteiger partial charge in [0.2, 0.25) is 5.95 Å². The second kappa shape index (κ2) is 10.3. The van der Waals surface area contributed by atoms with E-state index in [1.165, 1.54) is 18.2 Å². The van der Waals surface area contributed by atoms with E-state index in [1.54, 1.807) is 32.9 Å². The molecule has 0 bridgehead atoms. The molecule has 1 aromatic heterocycles. The Morgan fingerprint density at radius 2 is 1.47 bits per heavy atom. The topological polar surface area (TPSA) is 169 Å². The molecule has 192 valence electrons. The van der Waals surface area contributed by atoms with Gasteiger partial charge in [-0.3, -0.25) is 9.59 Å². The molecule has 0 fully saturated rings. The highest BCUT2D eigenvalue weighted by Gasteiger charge is 2.31. The fourth-order valence-electron chi connectivity index (χ4n) is 3.35. The smallest absolute Gasteiger partial charge is 0.421 e. The zero-order valence-electron chi connectivity index (χ0n) is 20.8. The fraction of sp³-hybridized carbons (Fsp3) is 0.360. The molecule has 0 saturated carbocycles. The second-order valence-electron chi connectivity index (χ2n) is 9.63. The number of hydrogen-bond acceptors (Lipinski definition) is 8. The summed E-state index contributed by atoms with van der Waals surface area (Å²) in [5, 5.41) is 25.3. The van der Waals surface area contributed by atoms with E-state index < -0.39 is 35.7 Å². The zero-order valence-corrected chi connectivity index (χ0v) is 20.8. The summed E-state index contributed by atoms with van der Waals surface area (Å²) in [5.41, 5.74) is 7.47. The number of nitrogens with one attached hydrogen (secondary N) is 2. The molecule has 0 aliphatic carbocycles. The maximum atomic E-state index is 12.5. The highest BCUT2D eigenvalue weighted by molar-refractivity contribution is 6.03. The summed E-state index contributed by atoms with van der Waals surface area (Å²) in [6, 6.07) is 11.4. The van der Waals surface area contributed by atoms with Crippen molar-refractivity contribution in [3.05, 3.63) is 48.0 Å². The molecule has 0 spiro atoms. The SMILES string of the molecule is CC(C)c1ccc(NC(=O)[C@H](O)[C@@H](O)C(=O)Nc2ccc3c(c2)nc(N)n3C(=O)OC(C)(C)C)cc1. The summed E-state index contributed by atoms with van der Waals surface area (Å²) in [6.45, 7) is 9.22. The van der Waals surface area contributed by atoms with Gasteiger partial charge in [0.05, 0.1) is 11.0 Å². The lowest BCUT2D eigenvalue weighted by Gasteiger charge is -2.20. The predicted octanol–water partition coefficient (Wildman–Crippen LogP) is 2.82. The number of anilines is 3. The Bertz CT molecular complexity index is 1280. The minimum absolute atomic E-state index is 0.101. The fourth-order valence-corrected chi connectivity index (χ4v) is 3.35. The summed E-state index contributed by atoms with van der Waals surface area (Å²) in [7, 11) is 0. The molecule has 11 heteroatoms. The number of hydrogen-bond donors (Lipinski definition) is 5. The first-order valence-corrected chi connectivity index (χ1v) is 11.4. The molecule has 0 aliphatic rings. The molecule has 36 heavy (non-hydrogen) atoms. The molecule has 0 radical (unpaired) electrons. The van der Waals surface area contributed by atoms with Crippen LogP contribution in [0, 0.1) is 0 Å². The lowest BCUT2D eigenvalue weighted by atomic mass is 10.0. The van der Waals surface area contributed by atoms with Crippen molar-refractivity contribution < 1.29 is 29.3 Å². The Balaban J connectivity index is 1.68. The molecule has 0 unspecified atom stereocenters. The van der Waals surface area contributed by atoms with Crippen LogP contribution in [-0.4, -0.2) is 55.5 Å². The quantitative estimate of drug-likeness (QED) is 0.346. The van der Waals surface area contributed by atoms with Crippen molar-refractivity contribution in [1.29, 1.82) is 0 Å². The van der Waals surface area contributed by atoms with Gasteiger partial charge in [-0.1, -0.05) is 26.0 Å². The van der Waals surface area contributed by atoms with Crippen molar-refractivity contribution >= 4 is 46.3 Å². The van der Waals surface area contributed by atoms with Crippen LogP contribution in [0.15, 0.2) is 42.5 Å². The number of nitrogen functional groups attached to an aromatic ring is 1. The second-order valence-corrected chi connectivity index (χ2v) is 9.63. The van der Waals surface area contributed by atoms with Crippen molar-refractivity contribution in [3.8, 4) is 0 Å². The number of amides is 2. The summed E-state index contributed by atoms with van der Waals surface area (Å²) in [4.78, 5) is 41.4. The Hall–Kier alpha value is -3.96. The Morgan fingerprint density at radius 1 is 0.944 bits per heavy atom. The molecule has 0 aliphatic heterocycles. The van der Waals surface area contributed by atoms with E-state index in [9.17, 15) is 24.6 Å². The van der Waals surface area contributed by atoms with Crippen molar-refractivity contribution in [2.45, 2.75) is 58.3 Å². The third kappa shape index (κ3) is 6.18. The van der Waals surface area contributed by atoms with Crippen LogP contribution in [0.25, 0.3) is 11.0 Å². The monoisotopic (exact) mass is 497 g/mol. The number of aliphatic hydroxyl groups is 2. The maximum absolute atomic E-state index is 12.5. The van der Waals surface area contributed by atoms with Crippen molar-refractivity contribution in [2.24, 2.45) is 0 Å². The maximum Gasteiger partial charge on any atom is 0.421 e. The minimum atomic E-state index is -2.04. The van der Waals surface area contributed by atoms with Crippen LogP contribution in [0.5, 0.6) is 0 Å². The molecular weight excluding hydrogens is 466 g/mol. The van der Waals surface area contributed by atoms with Gasteiger partial charge in [0, 0.05) is 11.4 Å². The predicted molar refractivity (Wildman–Crippen MR) is 136 cm³/mol. The number of fused-ring (bicyclic) bond motifs is 1. The number of rotatable bonds is 6. The van der Waals surface area contributed by atoms with Crippen molar-refractivity contribution in [1.82, 2.24) is 9.55 Å². The number of aliphatic hydroxyl groups excluding tert-OH is 2. The van der Waals surface area contributed by atoms with Gasteiger partial charge < -0.3 is 31.3 Å². The third-order valence-electron chi connectivity index (χ3n) is 5.21. The first-order chi connectivity index (χ1) is 16.8. The molecular formula is C25H31N5O6. The van der Waals surface area contributed by atoms with Crippen LogP contribution in [0.4, 0.5) is 22.1 Å². The number of aromatic nitrogens is 2. The zero-order chi connectivity index (χ0) is 26.8. The number of nitrogens with two attached hydrogens (primary N) is 1. The van der Waals surface area contributed by atoms with Gasteiger partial charge >= 0.3 is 6.09 Å². The van der Waals surface area contributed by atoms with E-state index in [4.69, 9.17) is 10.5 Å². The Labute approximate surface area is 208 Å². The molecule has 3 rings (SSSR count). The summed E-state index contributed by atoms with van der Waals surface area (Å²) in [5.74, 6) is -1.73. The number of ether oxygens (including phenoxy) is 1. The van der Waals surface area contributed by atoms with E-state index in [1.807, 2.05) is 26.0 Å². The Kier molecular flexibility index (Phi) is 7.65. The Morgan fingerprint density at radius 3 is 2.00 bits per heavy atom. The lowest BCUT2D eigenvalue weighted by molar-refractivity contribution is -0.139. The van der Waals surface area contributed by atoms with Crippen LogP contribution in [0.2, 0.25) is 0 Å². The number of nitrogens with zero attached hydrogens (tertiary/aromatic N) is 2. The highest BCUT2D eigenvalue weighted by atomic mass is 16.6. The third-order valence-corrected chi connectivity index (χ3v) is 5.21. The highest BCUT2D eigenvalue weighted by Crippen LogP contribution is 2.24. The molecule has 2 aromatic carbocycles. The molecule has 1 heterocycles. The largest absolute Gasteiger partial charge is 0.443 e. The van der Waals surface area contributed by atoms with Gasteiger partial charge in [-0.2, -0.15) is 0 Å². The summed E-state index contributed by atoms with van der Waals surface area (Å²) in [6.07, 6.45) is -4.76. The summed E-state index contributed by atoms with van der Waals surface area (Å²) >= 11 is 0. The minimum Gasteiger partial charge on any atom is -0.443 e. The van der Waals surface area contributed by atoms with Crippen LogP contribution in [-0.2, 0) is 14.3 Å². The summed E-state index contributed by atoms with van der Waals surface area (Å²) < 4.78 is 6.44. The molecule has 2 amide bonds. The van der Waals surface area contributed by atoms with Gasteiger partial charge in [0.25, 0.3) is 11.8 Å². The van der Waals surface area contributed by atoms with E-state index in [0.29, 0.717) is 17.1 Å². The van der Waals surface area contributed by atoms with E-state index in [0.717, 1.165) is 10.1 Å². The van der Waals surface area contributed by atoms with Gasteiger partial charge in [-0.05, 0) is 62.6 Å². The first kappa shape index (κ1) is 26.6. The normalized spacial score (nSPS) is 13.3. The van der Waals surface area contributed by atoms with Crippen molar-refractivity contribution in [2.75, 3.05) is 16.4 Å². The van der Waals surface area contributed by atoms with Crippen molar-refractivity contribution in [3.63, 3.8) is 0 Å². The van der Waals surface area contributed by atoms with Crippen LogP contribution < -0.4 is 16.4 Å². The standard InChI is InChI=1S/C25H31N5O6/c1-13(2)14-6-8-15(9-7-14)27-21(33)19(31)20(32)22(34)28-16-10-11-18-17(12-16)29-23(26)30(18)24(35)36-25(3,4)5/h6-13,19-20,31-32H,1-5H3,(H2,26,29)(H,27,33)(H,28,34)/t19-,20-/m1/s1. The van der Waals surface area contributed by atoms with E-state index in [-0.39, 0.29) is 17.2 Å². The van der Waals surface area contributed by atoms with Crippen LogP contribution >= 0.6 is 0 Å². The molecule has 3 aromatic rings. The number of imidazole rings is 1. The molecule has 11 nitrogen and oxygen atoms in total. The number of carbonyl (C=O) groups excluding carboxylic acids is 3. The number of carbonyl (C=O) groups is 3. The van der Waals surface area contributed by atoms with E-state index in [2.05, 4.69) is 15.6 Å². The van der Waals surface area contributed by atoms with Crippen LogP contribution in [0.1, 0.15) is 46.1 Å². The van der Waals surface area contributed by atoms with Crippen LogP contribution in [0.3, 0.4) is 0 Å². The first-order valence-electron chi connectivity index (χ1n) is 11.4. The van der Waals surface area contributed by atoms with Gasteiger partial charge in [0.1, 0.15) is 5.60 Å². The van der Waals surface area contributed by atoms with Gasteiger partial charge in [-0.15, -0.1) is 0 Å². The lowest BCUT2D eigenvalue weighted by Crippen LogP contribution is -2.45. The molecule has 6 N–H and O–H groups in total. The number of benzene rings is 2. The average molecular weight is 498 g/mol. The molecule has 0 saturated heterocycles.